The van der Waals surface area contributed by atoms with E-state index < -0.39 is 24.2 Å². The Morgan fingerprint density at radius 1 is 0.507 bits per heavy atom. The summed E-state index contributed by atoms with van der Waals surface area (Å²) in [5.41, 5.74) is 12.3. The third-order valence-corrected chi connectivity index (χ3v) is 13.9. The number of rotatable bonds is 3. The molecule has 0 saturated carbocycles. The molecule has 2 aliphatic heterocycles. The van der Waals surface area contributed by atoms with E-state index in [1.165, 1.54) is 0 Å². The molecule has 0 atom stereocenters. The van der Waals surface area contributed by atoms with E-state index >= 15 is 0 Å². The lowest BCUT2D eigenvalue weighted by atomic mass is 9.34. The molecule has 0 radical (unpaired) electrons. The van der Waals surface area contributed by atoms with Gasteiger partial charge in [0.05, 0.1) is 39.2 Å². The van der Waals surface area contributed by atoms with Crippen LogP contribution in [0.25, 0.3) is 110 Å². The van der Waals surface area contributed by atoms with Crippen molar-refractivity contribution in [3.63, 3.8) is 0 Å². The van der Waals surface area contributed by atoms with Crippen molar-refractivity contribution >= 4 is 122 Å². The number of hydrogen-bond acceptors (Lipinski definition) is 5. The van der Waals surface area contributed by atoms with Gasteiger partial charge in [-0.15, -0.1) is 0 Å². The maximum Gasteiger partial charge on any atom is 0.256 e. The van der Waals surface area contributed by atoms with Crippen LogP contribution in [0, 0.1) is 0 Å². The van der Waals surface area contributed by atoms with Gasteiger partial charge < -0.3 is 28.0 Å². The second kappa shape index (κ2) is 12.8. The summed E-state index contributed by atoms with van der Waals surface area (Å²) in [6.07, 6.45) is 3.70. The van der Waals surface area contributed by atoms with Gasteiger partial charge in [-0.1, -0.05) is 103 Å². The maximum atomic E-state index is 9.20. The highest BCUT2D eigenvalue weighted by atomic mass is 16.5. The summed E-state index contributed by atoms with van der Waals surface area (Å²) in [5.74, 6) is 1.31. The number of benzene rings is 9. The zero-order valence-electron chi connectivity index (χ0n) is 43.0. The second-order valence-corrected chi connectivity index (χ2v) is 17.3. The van der Waals surface area contributed by atoms with Gasteiger partial charge in [0.25, 0.3) is 6.71 Å². The van der Waals surface area contributed by atoms with E-state index in [1.54, 1.807) is 4.57 Å². The van der Waals surface area contributed by atoms with E-state index in [2.05, 4.69) is 69.5 Å². The number of hydrogen-bond donors (Lipinski definition) is 1. The topological polar surface area (TPSA) is 70.3 Å². The predicted octanol–water partition coefficient (Wildman–Crippen LogP) is 13.4. The van der Waals surface area contributed by atoms with Crippen molar-refractivity contribution in [1.29, 1.82) is 0 Å². The maximum absolute atomic E-state index is 9.20. The van der Waals surface area contributed by atoms with Gasteiger partial charge in [-0.05, 0) is 94.7 Å². The molecule has 14 aromatic rings. The first kappa shape index (κ1) is 28.7. The minimum Gasteiger partial charge on any atom is -0.458 e. The van der Waals surface area contributed by atoms with Crippen LogP contribution in [0.2, 0.25) is 0 Å². The van der Waals surface area contributed by atoms with Gasteiger partial charge in [0, 0.05) is 83.7 Å². The third kappa shape index (κ3) is 4.73. The Hall–Kier alpha value is -9.01. The molecule has 0 unspecified atom stereocenters. The number of fused-ring (bicyclic) bond motifs is 17. The summed E-state index contributed by atoms with van der Waals surface area (Å²) < 4.78 is 95.2. The van der Waals surface area contributed by atoms with Crippen LogP contribution in [-0.4, -0.2) is 20.8 Å². The molecule has 2 aliphatic rings. The lowest BCUT2D eigenvalue weighted by Gasteiger charge is -2.35. The first-order valence-electron chi connectivity index (χ1n) is 26.0. The highest BCUT2D eigenvalue weighted by Crippen LogP contribution is 2.45. The predicted molar refractivity (Wildman–Crippen MR) is 274 cm³/mol. The van der Waals surface area contributed by atoms with Crippen molar-refractivity contribution in [3.8, 4) is 34.0 Å². The summed E-state index contributed by atoms with van der Waals surface area (Å²) in [4.78, 5) is 4.52. The van der Waals surface area contributed by atoms with Crippen molar-refractivity contribution in [2.45, 2.75) is 0 Å². The fourth-order valence-electron chi connectivity index (χ4n) is 11.1. The molecule has 7 heterocycles. The SMILES string of the molecule is [2H]c1c([2H])c([2H])c2c(c1[2H])c1c([2H])c([2H])c([2H])c([2H])c1n2-c1ccc2c(c1)Nc1cc(-c3cccc4c3oc3ccc5oc6ccccc6c5c34)cc3c1B2c1ccc(-n2c4ccccc4c4ccncc42)cc1O3. The zero-order chi connectivity index (χ0) is 50.4. The Kier molecular flexibility index (Phi) is 5.50. The molecule has 9 aromatic carbocycles. The molecule has 0 fully saturated rings. The number of anilines is 2. The van der Waals surface area contributed by atoms with Gasteiger partial charge in [0.15, 0.2) is 0 Å². The Bertz CT molecular complexity index is 4850. The van der Waals surface area contributed by atoms with E-state index in [9.17, 15) is 2.74 Å². The van der Waals surface area contributed by atoms with E-state index in [1.807, 2.05) is 91.3 Å². The van der Waals surface area contributed by atoms with Gasteiger partial charge in [-0.3, -0.25) is 4.98 Å². The van der Waals surface area contributed by atoms with E-state index in [0.29, 0.717) is 28.5 Å². The molecule has 1 N–H and O–H groups in total. The number of nitrogens with one attached hydrogen (secondary N) is 1. The molecule has 0 bridgehead atoms. The number of nitrogens with zero attached hydrogens (tertiary/aromatic N) is 3. The highest BCUT2D eigenvalue weighted by Gasteiger charge is 2.40. The Balaban J connectivity index is 0.944. The van der Waals surface area contributed by atoms with Crippen molar-refractivity contribution in [1.82, 2.24) is 14.1 Å². The number of ether oxygens (including phenoxy) is 1. The monoisotopic (exact) mass is 864 g/mol. The molecule has 310 valence electrons. The van der Waals surface area contributed by atoms with E-state index in [0.717, 1.165) is 99.0 Å². The average Bonchev–Trinajstić information content (AvgIpc) is 4.20. The number of para-hydroxylation sites is 5. The van der Waals surface area contributed by atoms with Gasteiger partial charge in [-0.2, -0.15) is 0 Å². The quantitative estimate of drug-likeness (QED) is 0.179. The molecular formula is C59H33BN4O3. The fraction of sp³-hybridized carbons (Fsp3) is 0. The molecule has 67 heavy (non-hydrogen) atoms. The standard InChI is InChI=1S/C59H33BN4O3/c1-5-16-47-37(10-1)38-11-2-6-17-48(38)63(47)34-20-22-43-45(30-34)62-46-28-33(36-14-9-15-42-57-53(67-59(36)42)25-24-52-56(57)41-13-4-8-19-51(41)65-52)29-55-58(46)60(43)44-23-21-35(31-54(44)66-55)64-49-18-7-3-12-39(49)40-26-27-61-32-50(40)64/h1-32,62H/i1D,2D,5D,6D,10D,11D,16D,17D. The van der Waals surface area contributed by atoms with Crippen LogP contribution in [-0.2, 0) is 0 Å². The molecule has 8 heteroatoms. The molecular weight excluding hydrogens is 823 g/mol. The van der Waals surface area contributed by atoms with Crippen molar-refractivity contribution in [2.24, 2.45) is 0 Å². The summed E-state index contributed by atoms with van der Waals surface area (Å²) >= 11 is 0. The largest absolute Gasteiger partial charge is 0.458 e. The molecule has 7 nitrogen and oxygen atoms in total. The van der Waals surface area contributed by atoms with Crippen LogP contribution in [0.1, 0.15) is 11.0 Å². The zero-order valence-corrected chi connectivity index (χ0v) is 35.0. The van der Waals surface area contributed by atoms with Crippen molar-refractivity contribution in [3.05, 3.63) is 194 Å². The number of pyridine rings is 1. The van der Waals surface area contributed by atoms with Crippen molar-refractivity contribution in [2.75, 3.05) is 5.32 Å². The molecule has 0 saturated heterocycles. The van der Waals surface area contributed by atoms with Crippen molar-refractivity contribution < 1.29 is 24.5 Å². The average molecular weight is 865 g/mol. The lowest BCUT2D eigenvalue weighted by Crippen LogP contribution is -2.58. The first-order valence-corrected chi connectivity index (χ1v) is 22.0. The van der Waals surface area contributed by atoms with Crippen LogP contribution in [0.3, 0.4) is 0 Å². The lowest BCUT2D eigenvalue weighted by molar-refractivity contribution is 0.487. The number of furan rings is 2. The Morgan fingerprint density at radius 3 is 2.07 bits per heavy atom. The van der Waals surface area contributed by atoms with Gasteiger partial charge >= 0.3 is 0 Å². The minimum absolute atomic E-state index is 0.0166. The smallest absolute Gasteiger partial charge is 0.256 e. The number of aromatic nitrogens is 3. The van der Waals surface area contributed by atoms with Gasteiger partial charge in [0.2, 0.25) is 0 Å². The minimum atomic E-state index is -0.493. The summed E-state index contributed by atoms with van der Waals surface area (Å²) in [6, 6.07) is 41.2. The van der Waals surface area contributed by atoms with E-state index in [4.69, 9.17) is 21.8 Å². The molecule has 0 amide bonds. The Morgan fingerprint density at radius 2 is 1.21 bits per heavy atom. The van der Waals surface area contributed by atoms with Gasteiger partial charge in [0.1, 0.15) is 33.8 Å². The van der Waals surface area contributed by atoms with E-state index in [-0.39, 0.29) is 52.7 Å². The molecule has 5 aromatic heterocycles. The molecule has 0 aliphatic carbocycles. The fourth-order valence-corrected chi connectivity index (χ4v) is 11.1. The first-order chi connectivity index (χ1) is 36.5. The van der Waals surface area contributed by atoms with Crippen LogP contribution in [0.15, 0.2) is 203 Å². The Labute approximate surface area is 393 Å². The second-order valence-electron chi connectivity index (χ2n) is 17.3. The summed E-state index contributed by atoms with van der Waals surface area (Å²) in [6.45, 7) is -0.357. The molecule has 16 rings (SSSR count). The van der Waals surface area contributed by atoms with Crippen LogP contribution < -0.4 is 26.4 Å². The van der Waals surface area contributed by atoms with Gasteiger partial charge in [-0.25, -0.2) is 0 Å². The van der Waals surface area contributed by atoms with Crippen LogP contribution in [0.4, 0.5) is 11.4 Å². The summed E-state index contributed by atoms with van der Waals surface area (Å²) in [7, 11) is 0. The highest BCUT2D eigenvalue weighted by molar-refractivity contribution is 6.99. The summed E-state index contributed by atoms with van der Waals surface area (Å²) in [5, 5.41) is 9.86. The normalized spacial score (nSPS) is 14.7. The van der Waals surface area contributed by atoms with Crippen LogP contribution in [0.5, 0.6) is 11.5 Å². The molecule has 0 spiro atoms. The third-order valence-electron chi connectivity index (χ3n) is 13.9. The van der Waals surface area contributed by atoms with Crippen LogP contribution >= 0.6 is 0 Å².